The van der Waals surface area contributed by atoms with Crippen LogP contribution < -0.4 is 11.2 Å². The number of ether oxygens (including phenoxy) is 3. The second-order valence-electron chi connectivity index (χ2n) is 5.87. The topological polar surface area (TPSA) is 131 Å². The van der Waals surface area contributed by atoms with Crippen LogP contribution in [0.25, 0.3) is 0 Å². The fraction of sp³-hybridized carbons (Fsp3) is 0.529. The lowest BCUT2D eigenvalue weighted by atomic mass is 10.3. The fourth-order valence-corrected chi connectivity index (χ4v) is 2.36. The number of hydrogen-bond acceptors (Lipinski definition) is 8. The largest absolute Gasteiger partial charge is 0.463 e. The van der Waals surface area contributed by atoms with Gasteiger partial charge in [-0.3, -0.25) is 14.7 Å². The van der Waals surface area contributed by atoms with Crippen molar-refractivity contribution in [3.63, 3.8) is 0 Å². The van der Waals surface area contributed by atoms with Gasteiger partial charge in [0, 0.05) is 31.4 Å². The first-order chi connectivity index (χ1) is 13.0. The van der Waals surface area contributed by atoms with Crippen LogP contribution in [0.4, 0.5) is 0 Å². The summed E-state index contributed by atoms with van der Waals surface area (Å²) >= 11 is 0. The molecular formula is C17H23N3O7. The molecule has 2 rings (SSSR count). The highest BCUT2D eigenvalue weighted by Crippen LogP contribution is 2.00. The van der Waals surface area contributed by atoms with Crippen molar-refractivity contribution in [2.45, 2.75) is 19.4 Å². The number of hydrogen-bond donors (Lipinski definition) is 2. The van der Waals surface area contributed by atoms with Gasteiger partial charge in [0.2, 0.25) is 0 Å². The maximum absolute atomic E-state index is 11.5. The molecular weight excluding hydrogens is 358 g/mol. The van der Waals surface area contributed by atoms with E-state index in [1.165, 1.54) is 0 Å². The Balaban J connectivity index is 1.58. The van der Waals surface area contributed by atoms with Gasteiger partial charge in [-0.05, 0) is 19.4 Å². The zero-order valence-electron chi connectivity index (χ0n) is 14.9. The van der Waals surface area contributed by atoms with E-state index in [1.807, 2.05) is 4.98 Å². The molecule has 2 N–H and O–H groups in total. The average molecular weight is 381 g/mol. The molecule has 0 saturated carbocycles. The minimum absolute atomic E-state index is 0.0826. The van der Waals surface area contributed by atoms with Crippen molar-refractivity contribution >= 4 is 11.9 Å². The number of rotatable bonds is 9. The molecule has 0 aliphatic carbocycles. The van der Waals surface area contributed by atoms with Crippen molar-refractivity contribution in [2.75, 3.05) is 39.5 Å². The third-order valence-electron chi connectivity index (χ3n) is 3.84. The van der Waals surface area contributed by atoms with Gasteiger partial charge < -0.3 is 19.2 Å². The van der Waals surface area contributed by atoms with E-state index < -0.39 is 23.2 Å². The van der Waals surface area contributed by atoms with Gasteiger partial charge in [0.1, 0.15) is 6.61 Å². The van der Waals surface area contributed by atoms with Crippen molar-refractivity contribution in [1.29, 1.82) is 0 Å². The molecule has 0 aromatic carbocycles. The van der Waals surface area contributed by atoms with Crippen molar-refractivity contribution in [3.8, 4) is 0 Å². The number of aromatic nitrogens is 2. The van der Waals surface area contributed by atoms with Gasteiger partial charge in [-0.25, -0.2) is 14.4 Å². The van der Waals surface area contributed by atoms with Gasteiger partial charge in [-0.1, -0.05) is 0 Å². The predicted octanol–water partition coefficient (Wildman–Crippen LogP) is -0.682. The molecule has 0 spiro atoms. The Kier molecular flexibility index (Phi) is 8.46. The molecule has 1 aliphatic rings. The molecule has 0 unspecified atom stereocenters. The smallest absolute Gasteiger partial charge is 0.331 e. The predicted molar refractivity (Wildman–Crippen MR) is 94.1 cm³/mol. The molecule has 0 radical (unpaired) electrons. The van der Waals surface area contributed by atoms with Crippen LogP contribution in [0.5, 0.6) is 0 Å². The zero-order chi connectivity index (χ0) is 19.5. The van der Waals surface area contributed by atoms with Gasteiger partial charge in [0.05, 0.1) is 25.4 Å². The quantitative estimate of drug-likeness (QED) is 0.327. The van der Waals surface area contributed by atoms with Gasteiger partial charge in [0.15, 0.2) is 0 Å². The van der Waals surface area contributed by atoms with Crippen LogP contribution in [-0.2, 0) is 30.4 Å². The highest BCUT2D eigenvalue weighted by Gasteiger charge is 2.09. The van der Waals surface area contributed by atoms with E-state index >= 15 is 0 Å². The van der Waals surface area contributed by atoms with Crippen molar-refractivity contribution in [3.05, 3.63) is 44.8 Å². The van der Waals surface area contributed by atoms with Crippen LogP contribution in [-0.4, -0.2) is 66.3 Å². The Bertz CT molecular complexity index is 762. The molecule has 1 fully saturated rings. The SMILES string of the molecule is O=C(/C=C/C(=O)OCc1c[nH]c(=O)[nH]c1=O)OCCCCN1CCOCC1. The molecule has 1 saturated heterocycles. The monoisotopic (exact) mass is 381 g/mol. The van der Waals surface area contributed by atoms with E-state index in [9.17, 15) is 19.2 Å². The molecule has 10 heteroatoms. The third-order valence-corrected chi connectivity index (χ3v) is 3.84. The van der Waals surface area contributed by atoms with Crippen molar-refractivity contribution < 1.29 is 23.8 Å². The van der Waals surface area contributed by atoms with Gasteiger partial charge in [-0.2, -0.15) is 0 Å². The van der Waals surface area contributed by atoms with Crippen LogP contribution in [0.2, 0.25) is 0 Å². The number of unbranched alkanes of at least 4 members (excludes halogenated alkanes) is 1. The number of nitrogens with zero attached hydrogens (tertiary/aromatic N) is 1. The maximum Gasteiger partial charge on any atom is 0.331 e. The van der Waals surface area contributed by atoms with Gasteiger partial charge in [-0.15, -0.1) is 0 Å². The Morgan fingerprint density at radius 3 is 2.52 bits per heavy atom. The summed E-state index contributed by atoms with van der Waals surface area (Å²) in [4.78, 5) is 51.9. The number of morpholine rings is 1. The van der Waals surface area contributed by atoms with E-state index in [0.717, 1.165) is 64.0 Å². The molecule has 2 heterocycles. The van der Waals surface area contributed by atoms with Crippen LogP contribution in [0.3, 0.4) is 0 Å². The first kappa shape index (κ1) is 20.6. The van der Waals surface area contributed by atoms with E-state index in [2.05, 4.69) is 9.88 Å². The number of nitrogens with one attached hydrogen (secondary N) is 2. The highest BCUT2D eigenvalue weighted by molar-refractivity contribution is 5.91. The molecule has 0 amide bonds. The van der Waals surface area contributed by atoms with Crippen LogP contribution in [0.1, 0.15) is 18.4 Å². The summed E-state index contributed by atoms with van der Waals surface area (Å²) in [5.74, 6) is -1.44. The number of esters is 2. The lowest BCUT2D eigenvalue weighted by molar-refractivity contribution is -0.141. The normalized spacial score (nSPS) is 15.0. The minimum atomic E-state index is -0.801. The standard InChI is InChI=1S/C17H23N3O7/c21-14(26-8-2-1-5-20-6-9-25-10-7-20)3-4-15(22)27-12-13-11-18-17(24)19-16(13)23/h3-4,11H,1-2,5-10,12H2,(H2,18,19,23,24)/b4-3+. The van der Waals surface area contributed by atoms with E-state index in [1.54, 1.807) is 0 Å². The Morgan fingerprint density at radius 2 is 1.81 bits per heavy atom. The lowest BCUT2D eigenvalue weighted by Crippen LogP contribution is -2.36. The van der Waals surface area contributed by atoms with Gasteiger partial charge in [0.25, 0.3) is 5.56 Å². The number of carbonyl (C=O) groups is 2. The molecule has 1 aliphatic heterocycles. The van der Waals surface area contributed by atoms with E-state index in [4.69, 9.17) is 14.2 Å². The summed E-state index contributed by atoms with van der Waals surface area (Å²) in [7, 11) is 0. The summed E-state index contributed by atoms with van der Waals surface area (Å²) in [5.41, 5.74) is -1.21. The second-order valence-corrected chi connectivity index (χ2v) is 5.87. The molecule has 0 atom stereocenters. The number of H-pyrrole nitrogens is 2. The third kappa shape index (κ3) is 8.01. The second kappa shape index (κ2) is 11.1. The molecule has 0 bridgehead atoms. The zero-order valence-corrected chi connectivity index (χ0v) is 14.9. The maximum atomic E-state index is 11.5. The number of aromatic amines is 2. The Morgan fingerprint density at radius 1 is 1.11 bits per heavy atom. The van der Waals surface area contributed by atoms with Crippen LogP contribution in [0, 0.1) is 0 Å². The first-order valence-corrected chi connectivity index (χ1v) is 8.67. The lowest BCUT2D eigenvalue weighted by Gasteiger charge is -2.26. The average Bonchev–Trinajstić information content (AvgIpc) is 2.66. The van der Waals surface area contributed by atoms with E-state index in [0.29, 0.717) is 0 Å². The van der Waals surface area contributed by atoms with Crippen molar-refractivity contribution in [2.24, 2.45) is 0 Å². The fourth-order valence-electron chi connectivity index (χ4n) is 2.36. The molecule has 1 aromatic rings. The van der Waals surface area contributed by atoms with Crippen LogP contribution in [0.15, 0.2) is 27.9 Å². The number of carbonyl (C=O) groups excluding carboxylic acids is 2. The highest BCUT2D eigenvalue weighted by atomic mass is 16.5. The Labute approximate surface area is 155 Å². The molecule has 10 nitrogen and oxygen atoms in total. The molecule has 27 heavy (non-hydrogen) atoms. The minimum Gasteiger partial charge on any atom is -0.463 e. The van der Waals surface area contributed by atoms with Crippen molar-refractivity contribution in [1.82, 2.24) is 14.9 Å². The summed E-state index contributed by atoms with van der Waals surface area (Å²) < 4.78 is 15.1. The summed E-state index contributed by atoms with van der Waals surface area (Å²) in [5, 5.41) is 0. The summed E-state index contributed by atoms with van der Waals surface area (Å²) in [6.07, 6.45) is 4.70. The first-order valence-electron chi connectivity index (χ1n) is 8.67. The molecule has 148 valence electrons. The van der Waals surface area contributed by atoms with Gasteiger partial charge >= 0.3 is 17.6 Å². The Hall–Kier alpha value is -2.72. The van der Waals surface area contributed by atoms with Crippen LogP contribution >= 0.6 is 0 Å². The summed E-state index contributed by atoms with van der Waals surface area (Å²) in [6, 6.07) is 0. The summed E-state index contributed by atoms with van der Waals surface area (Å²) in [6.45, 7) is 4.25. The van der Waals surface area contributed by atoms with E-state index in [-0.39, 0.29) is 18.8 Å². The molecule has 1 aromatic heterocycles.